The number of benzene rings is 1. The van der Waals surface area contributed by atoms with Crippen molar-refractivity contribution in [3.05, 3.63) is 35.1 Å². The number of halogens is 1. The fraction of sp³-hybridized carbons (Fsp3) is 0.600. The smallest absolute Gasteiger partial charge is 0.126 e. The molecule has 1 aliphatic carbocycles. The van der Waals surface area contributed by atoms with Gasteiger partial charge in [-0.15, -0.1) is 0 Å². The van der Waals surface area contributed by atoms with Crippen molar-refractivity contribution in [2.24, 2.45) is 5.92 Å². The van der Waals surface area contributed by atoms with E-state index in [1.807, 2.05) is 13.0 Å². The highest BCUT2D eigenvalue weighted by Crippen LogP contribution is 2.29. The normalized spacial score (nSPS) is 16.9. The highest BCUT2D eigenvalue weighted by Gasteiger charge is 2.14. The lowest BCUT2D eigenvalue weighted by atomic mass is 9.98. The van der Waals surface area contributed by atoms with Gasteiger partial charge in [0.25, 0.3) is 0 Å². The Labute approximate surface area is 97.9 Å². The highest BCUT2D eigenvalue weighted by molar-refractivity contribution is 5.23. The van der Waals surface area contributed by atoms with Gasteiger partial charge in [-0.2, -0.15) is 0 Å². The molecule has 1 saturated carbocycles. The maximum absolute atomic E-state index is 13.3. The van der Waals surface area contributed by atoms with Crippen molar-refractivity contribution in [3.63, 3.8) is 0 Å². The second-order valence-corrected chi connectivity index (χ2v) is 5.13. The van der Waals surface area contributed by atoms with Crippen LogP contribution in [0.4, 0.5) is 4.39 Å². The van der Waals surface area contributed by atoms with Gasteiger partial charge in [-0.1, -0.05) is 44.2 Å². The summed E-state index contributed by atoms with van der Waals surface area (Å²) in [5.41, 5.74) is 1.90. The lowest BCUT2D eigenvalue weighted by Gasteiger charge is -2.08. The Kier molecular flexibility index (Phi) is 3.98. The summed E-state index contributed by atoms with van der Waals surface area (Å²) in [6.45, 7) is 1.82. The third-order valence-corrected chi connectivity index (χ3v) is 3.79. The summed E-state index contributed by atoms with van der Waals surface area (Å²) in [6, 6.07) is 5.65. The molecule has 0 heterocycles. The van der Waals surface area contributed by atoms with E-state index in [4.69, 9.17) is 0 Å². The predicted octanol–water partition coefficient (Wildman–Crippen LogP) is 4.65. The summed E-state index contributed by atoms with van der Waals surface area (Å²) in [4.78, 5) is 0. The Balaban J connectivity index is 1.78. The second-order valence-electron chi connectivity index (χ2n) is 5.13. The Morgan fingerprint density at radius 3 is 2.69 bits per heavy atom. The number of hydrogen-bond acceptors (Lipinski definition) is 0. The van der Waals surface area contributed by atoms with Gasteiger partial charge in [0.2, 0.25) is 0 Å². The van der Waals surface area contributed by atoms with Gasteiger partial charge in [0.1, 0.15) is 5.82 Å². The maximum Gasteiger partial charge on any atom is 0.126 e. The summed E-state index contributed by atoms with van der Waals surface area (Å²) in [5, 5.41) is 0. The molecule has 0 aliphatic heterocycles. The molecule has 1 aliphatic rings. The summed E-state index contributed by atoms with van der Waals surface area (Å²) < 4.78 is 13.3. The average molecular weight is 220 g/mol. The molecule has 0 radical (unpaired) electrons. The largest absolute Gasteiger partial charge is 0.207 e. The molecule has 0 saturated heterocycles. The number of aryl methyl sites for hydroxylation is 2. The van der Waals surface area contributed by atoms with Crippen molar-refractivity contribution in [2.45, 2.75) is 51.9 Å². The Bertz CT molecular complexity index is 337. The molecule has 1 fully saturated rings. The maximum atomic E-state index is 13.3. The third-order valence-electron chi connectivity index (χ3n) is 3.79. The molecule has 1 aromatic carbocycles. The molecule has 0 amide bonds. The van der Waals surface area contributed by atoms with Gasteiger partial charge in [0, 0.05) is 0 Å². The van der Waals surface area contributed by atoms with Crippen LogP contribution in [0.1, 0.15) is 49.7 Å². The molecule has 0 bridgehead atoms. The zero-order valence-electron chi connectivity index (χ0n) is 10.1. The zero-order valence-corrected chi connectivity index (χ0v) is 10.1. The van der Waals surface area contributed by atoms with E-state index in [0.717, 1.165) is 23.5 Å². The van der Waals surface area contributed by atoms with Crippen molar-refractivity contribution >= 4 is 0 Å². The lowest BCUT2D eigenvalue weighted by molar-refractivity contribution is 0.483. The predicted molar refractivity (Wildman–Crippen MR) is 66.0 cm³/mol. The molecule has 0 atom stereocenters. The van der Waals surface area contributed by atoms with E-state index in [1.54, 1.807) is 6.07 Å². The first kappa shape index (κ1) is 11.6. The van der Waals surface area contributed by atoms with Crippen molar-refractivity contribution in [1.29, 1.82) is 0 Å². The van der Waals surface area contributed by atoms with E-state index in [2.05, 4.69) is 6.07 Å². The van der Waals surface area contributed by atoms with Crippen LogP contribution in [0.25, 0.3) is 0 Å². The SMILES string of the molecule is Cc1ccc(CCCC2CCCC2)cc1F. The summed E-state index contributed by atoms with van der Waals surface area (Å²) >= 11 is 0. The molecular weight excluding hydrogens is 199 g/mol. The molecular formula is C15H21F. The highest BCUT2D eigenvalue weighted by atomic mass is 19.1. The first-order valence-corrected chi connectivity index (χ1v) is 6.51. The van der Waals surface area contributed by atoms with E-state index in [1.165, 1.54) is 38.5 Å². The van der Waals surface area contributed by atoms with E-state index < -0.39 is 0 Å². The molecule has 0 unspecified atom stereocenters. The summed E-state index contributed by atoms with van der Waals surface area (Å²) in [5.74, 6) is 0.897. The molecule has 1 heteroatoms. The Morgan fingerprint density at radius 1 is 1.25 bits per heavy atom. The van der Waals surface area contributed by atoms with Crippen LogP contribution in [0.2, 0.25) is 0 Å². The van der Waals surface area contributed by atoms with Crippen LogP contribution in [0.3, 0.4) is 0 Å². The molecule has 1 aromatic rings. The molecule has 0 spiro atoms. The van der Waals surface area contributed by atoms with Gasteiger partial charge in [-0.05, 0) is 42.9 Å². The number of rotatable bonds is 4. The van der Waals surface area contributed by atoms with Crippen LogP contribution in [0.5, 0.6) is 0 Å². The van der Waals surface area contributed by atoms with Gasteiger partial charge in [0.05, 0.1) is 0 Å². The van der Waals surface area contributed by atoms with Crippen LogP contribution >= 0.6 is 0 Å². The molecule has 0 N–H and O–H groups in total. The minimum Gasteiger partial charge on any atom is -0.207 e. The fourth-order valence-electron chi connectivity index (χ4n) is 2.69. The van der Waals surface area contributed by atoms with Gasteiger partial charge in [-0.25, -0.2) is 4.39 Å². The van der Waals surface area contributed by atoms with Crippen molar-refractivity contribution < 1.29 is 4.39 Å². The molecule has 0 nitrogen and oxygen atoms in total. The van der Waals surface area contributed by atoms with Gasteiger partial charge >= 0.3 is 0 Å². The van der Waals surface area contributed by atoms with E-state index in [-0.39, 0.29) is 5.82 Å². The van der Waals surface area contributed by atoms with Crippen molar-refractivity contribution in [2.75, 3.05) is 0 Å². The lowest BCUT2D eigenvalue weighted by Crippen LogP contribution is -1.95. The zero-order chi connectivity index (χ0) is 11.4. The monoisotopic (exact) mass is 220 g/mol. The molecule has 88 valence electrons. The standard InChI is InChI=1S/C15H21F/c1-12-9-10-14(11-15(12)16)8-4-7-13-5-2-3-6-13/h9-11,13H,2-8H2,1H3. The van der Waals surface area contributed by atoms with E-state index >= 15 is 0 Å². The quantitative estimate of drug-likeness (QED) is 0.693. The van der Waals surface area contributed by atoms with Gasteiger partial charge in [0.15, 0.2) is 0 Å². The van der Waals surface area contributed by atoms with Crippen LogP contribution < -0.4 is 0 Å². The Hall–Kier alpha value is -0.850. The first-order chi connectivity index (χ1) is 7.75. The van der Waals surface area contributed by atoms with E-state index in [9.17, 15) is 4.39 Å². The second kappa shape index (κ2) is 5.47. The van der Waals surface area contributed by atoms with Crippen LogP contribution in [-0.4, -0.2) is 0 Å². The fourth-order valence-corrected chi connectivity index (χ4v) is 2.69. The van der Waals surface area contributed by atoms with Gasteiger partial charge in [-0.3, -0.25) is 0 Å². The van der Waals surface area contributed by atoms with Crippen molar-refractivity contribution in [1.82, 2.24) is 0 Å². The number of hydrogen-bond donors (Lipinski definition) is 0. The summed E-state index contributed by atoms with van der Waals surface area (Å²) in [6.07, 6.45) is 9.26. The minimum atomic E-state index is -0.0571. The van der Waals surface area contributed by atoms with Gasteiger partial charge < -0.3 is 0 Å². The topological polar surface area (TPSA) is 0 Å². The van der Waals surface area contributed by atoms with Crippen LogP contribution in [0.15, 0.2) is 18.2 Å². The molecule has 16 heavy (non-hydrogen) atoms. The van der Waals surface area contributed by atoms with E-state index in [0.29, 0.717) is 0 Å². The van der Waals surface area contributed by atoms with Crippen molar-refractivity contribution in [3.8, 4) is 0 Å². The molecule has 2 rings (SSSR count). The third kappa shape index (κ3) is 3.07. The molecule has 0 aromatic heterocycles. The average Bonchev–Trinajstić information content (AvgIpc) is 2.76. The van der Waals surface area contributed by atoms with Crippen LogP contribution in [-0.2, 0) is 6.42 Å². The first-order valence-electron chi connectivity index (χ1n) is 6.51. The summed E-state index contributed by atoms with van der Waals surface area (Å²) in [7, 11) is 0. The Morgan fingerprint density at radius 2 is 2.00 bits per heavy atom. The van der Waals surface area contributed by atoms with Crippen LogP contribution in [0, 0.1) is 18.7 Å². The minimum absolute atomic E-state index is 0.0571.